The van der Waals surface area contributed by atoms with Crippen LogP contribution in [-0.2, 0) is 12.8 Å². The lowest BCUT2D eigenvalue weighted by Crippen LogP contribution is -2.43. The average molecular weight is 503 g/mol. The molecule has 0 bridgehead atoms. The summed E-state index contributed by atoms with van der Waals surface area (Å²) in [7, 11) is 0. The summed E-state index contributed by atoms with van der Waals surface area (Å²) >= 11 is 1.64. The number of nitrogens with zero attached hydrogens (tertiary/aromatic N) is 1. The molecular formula is C31H42N4S. The molecule has 1 heterocycles. The van der Waals surface area contributed by atoms with Gasteiger partial charge in [-0.15, -0.1) is 0 Å². The van der Waals surface area contributed by atoms with Crippen molar-refractivity contribution in [2.45, 2.75) is 70.4 Å². The van der Waals surface area contributed by atoms with Crippen molar-refractivity contribution in [2.24, 2.45) is 5.73 Å². The van der Waals surface area contributed by atoms with Crippen molar-refractivity contribution < 1.29 is 0 Å². The van der Waals surface area contributed by atoms with Gasteiger partial charge in [0.25, 0.3) is 0 Å². The van der Waals surface area contributed by atoms with Gasteiger partial charge in [-0.3, -0.25) is 9.71 Å². The molecule has 0 saturated carbocycles. The van der Waals surface area contributed by atoms with Crippen LogP contribution in [0.2, 0.25) is 0 Å². The Bertz CT molecular complexity index is 1040. The predicted molar refractivity (Wildman–Crippen MR) is 157 cm³/mol. The zero-order valence-corrected chi connectivity index (χ0v) is 22.7. The first-order valence-corrected chi connectivity index (χ1v) is 13.9. The molecule has 0 fully saturated rings. The molecule has 36 heavy (non-hydrogen) atoms. The molecule has 3 rings (SSSR count). The Morgan fingerprint density at radius 1 is 1.31 bits per heavy atom. The number of nitrogens with two attached hydrogens (primary N) is 1. The molecule has 3 unspecified atom stereocenters. The van der Waals surface area contributed by atoms with Crippen LogP contribution in [0.3, 0.4) is 0 Å². The van der Waals surface area contributed by atoms with Gasteiger partial charge in [0.1, 0.15) is 0 Å². The van der Waals surface area contributed by atoms with Crippen LogP contribution < -0.4 is 15.8 Å². The number of hydrogen-bond acceptors (Lipinski definition) is 5. The number of aromatic nitrogens is 1. The smallest absolute Gasteiger partial charge is 0.0438 e. The van der Waals surface area contributed by atoms with E-state index in [9.17, 15) is 0 Å². The number of fused-ring (bicyclic) bond motifs is 1. The lowest BCUT2D eigenvalue weighted by atomic mass is 9.75. The van der Waals surface area contributed by atoms with Gasteiger partial charge in [-0.1, -0.05) is 67.6 Å². The van der Waals surface area contributed by atoms with Crippen molar-refractivity contribution in [1.29, 1.82) is 0 Å². The second-order valence-electron chi connectivity index (χ2n) is 9.59. The fourth-order valence-electron chi connectivity index (χ4n) is 4.86. The molecule has 0 amide bonds. The zero-order valence-electron chi connectivity index (χ0n) is 21.9. The number of hydrogen-bond donors (Lipinski definition) is 3. The summed E-state index contributed by atoms with van der Waals surface area (Å²) < 4.78 is 3.43. The Kier molecular flexibility index (Phi) is 11.5. The van der Waals surface area contributed by atoms with E-state index in [-0.39, 0.29) is 6.04 Å². The molecule has 0 aliphatic heterocycles. The summed E-state index contributed by atoms with van der Waals surface area (Å²) in [4.78, 5) is 5.50. The lowest BCUT2D eigenvalue weighted by molar-refractivity contribution is 0.398. The number of unbranched alkanes of at least 4 members (excludes halogenated alkanes) is 1. The van der Waals surface area contributed by atoms with E-state index < -0.39 is 0 Å². The van der Waals surface area contributed by atoms with Gasteiger partial charge in [0.15, 0.2) is 0 Å². The van der Waals surface area contributed by atoms with Gasteiger partial charge >= 0.3 is 0 Å². The first-order valence-electron chi connectivity index (χ1n) is 13.1. The Labute approximate surface area is 222 Å². The van der Waals surface area contributed by atoms with Gasteiger partial charge in [0, 0.05) is 47.5 Å². The molecule has 3 atom stereocenters. The molecule has 1 aromatic carbocycles. The van der Waals surface area contributed by atoms with Crippen molar-refractivity contribution in [3.63, 3.8) is 0 Å². The number of benzene rings is 1. The maximum atomic E-state index is 6.56. The van der Waals surface area contributed by atoms with Crippen LogP contribution in [0.5, 0.6) is 0 Å². The van der Waals surface area contributed by atoms with Crippen LogP contribution >= 0.6 is 11.9 Å². The van der Waals surface area contributed by atoms with E-state index in [2.05, 4.69) is 65.4 Å². The second-order valence-corrected chi connectivity index (χ2v) is 10.6. The molecule has 2 aromatic rings. The number of nitrogens with one attached hydrogen (secondary N) is 2. The molecule has 4 nitrogen and oxygen atoms in total. The van der Waals surface area contributed by atoms with Gasteiger partial charge in [-0.2, -0.15) is 0 Å². The minimum Gasteiger partial charge on any atom is -0.384 e. The third-order valence-corrected chi connectivity index (χ3v) is 7.61. The third kappa shape index (κ3) is 8.51. The highest BCUT2D eigenvalue weighted by Gasteiger charge is 2.30. The Morgan fingerprint density at radius 2 is 2.17 bits per heavy atom. The fourth-order valence-corrected chi connectivity index (χ4v) is 5.64. The summed E-state index contributed by atoms with van der Waals surface area (Å²) in [6.07, 6.45) is 18.0. The number of pyridine rings is 1. The van der Waals surface area contributed by atoms with E-state index in [0.717, 1.165) is 55.7 Å². The molecule has 1 aromatic heterocycles. The predicted octanol–water partition coefficient (Wildman–Crippen LogP) is 6.52. The summed E-state index contributed by atoms with van der Waals surface area (Å²) in [5.74, 6) is 0.374. The van der Waals surface area contributed by atoms with Gasteiger partial charge in [0.2, 0.25) is 0 Å². The Hall–Kier alpha value is -2.60. The van der Waals surface area contributed by atoms with Crippen molar-refractivity contribution in [3.8, 4) is 0 Å². The highest BCUT2D eigenvalue weighted by Crippen LogP contribution is 2.35. The van der Waals surface area contributed by atoms with E-state index in [1.54, 1.807) is 11.9 Å². The molecular weight excluding hydrogens is 460 g/mol. The van der Waals surface area contributed by atoms with Crippen LogP contribution in [-0.4, -0.2) is 23.6 Å². The molecule has 4 N–H and O–H groups in total. The first kappa shape index (κ1) is 28.0. The number of rotatable bonds is 14. The van der Waals surface area contributed by atoms with Crippen LogP contribution in [0, 0.1) is 6.92 Å². The van der Waals surface area contributed by atoms with Crippen LogP contribution in [0.15, 0.2) is 90.8 Å². The SMILES string of the molecule is C=C/C=C(\C=C/C)SNCCCCC(N)C(=C)NC1CCc2cc(C)ccc2C1Cc1cccnc1. The standard InChI is InChI=1S/C31H42N4S/c1-5-10-27(11-6-2)36-34-19-8-7-13-30(32)24(4)35-31-17-15-26-20-23(3)14-16-28(26)29(31)21-25-12-9-18-33-22-25/h5-6,9-12,14,16,18,20,22,29-31,34-35H,1,4,7-8,13,15,17,19,21,32H2,2-3H3/b11-6-,27-10+. The van der Waals surface area contributed by atoms with E-state index in [4.69, 9.17) is 5.73 Å². The minimum absolute atomic E-state index is 0.0460. The Morgan fingerprint density at radius 3 is 2.92 bits per heavy atom. The quantitative estimate of drug-likeness (QED) is 0.156. The average Bonchev–Trinajstić information content (AvgIpc) is 2.88. The largest absolute Gasteiger partial charge is 0.384 e. The van der Waals surface area contributed by atoms with Gasteiger partial charge in [0.05, 0.1) is 0 Å². The number of allylic oxidation sites excluding steroid dienone is 4. The summed E-state index contributed by atoms with van der Waals surface area (Å²) in [5, 5.41) is 3.76. The highest BCUT2D eigenvalue weighted by atomic mass is 32.2. The van der Waals surface area contributed by atoms with E-state index in [1.165, 1.54) is 22.3 Å². The molecule has 1 aliphatic rings. The normalized spacial score (nSPS) is 18.6. The zero-order chi connectivity index (χ0) is 25.8. The van der Waals surface area contributed by atoms with Gasteiger partial charge in [-0.25, -0.2) is 0 Å². The van der Waals surface area contributed by atoms with E-state index in [0.29, 0.717) is 12.0 Å². The van der Waals surface area contributed by atoms with Crippen LogP contribution in [0.25, 0.3) is 0 Å². The van der Waals surface area contributed by atoms with E-state index >= 15 is 0 Å². The third-order valence-electron chi connectivity index (χ3n) is 6.75. The summed E-state index contributed by atoms with van der Waals surface area (Å²) in [6, 6.07) is 11.4. The minimum atomic E-state index is -0.0460. The van der Waals surface area contributed by atoms with Crippen molar-refractivity contribution >= 4 is 11.9 Å². The molecule has 1 aliphatic carbocycles. The molecule has 0 saturated heterocycles. The van der Waals surface area contributed by atoms with Crippen molar-refractivity contribution in [2.75, 3.05) is 6.54 Å². The highest BCUT2D eigenvalue weighted by molar-refractivity contribution is 8.01. The van der Waals surface area contributed by atoms with Crippen LogP contribution in [0.4, 0.5) is 0 Å². The second kappa shape index (κ2) is 14.8. The van der Waals surface area contributed by atoms with Crippen LogP contribution in [0.1, 0.15) is 60.8 Å². The lowest BCUT2D eigenvalue weighted by Gasteiger charge is -2.36. The summed E-state index contributed by atoms with van der Waals surface area (Å²) in [5.41, 5.74) is 13.0. The maximum absolute atomic E-state index is 6.56. The molecule has 192 valence electrons. The van der Waals surface area contributed by atoms with Crippen molar-refractivity contribution in [1.82, 2.24) is 15.0 Å². The van der Waals surface area contributed by atoms with Gasteiger partial charge in [-0.05, 0) is 86.7 Å². The Balaban J connectivity index is 1.52. The molecule has 5 heteroatoms. The monoisotopic (exact) mass is 502 g/mol. The fraction of sp³-hybridized carbons (Fsp3) is 0.387. The maximum Gasteiger partial charge on any atom is 0.0438 e. The van der Waals surface area contributed by atoms with Gasteiger partial charge < -0.3 is 11.1 Å². The summed E-state index contributed by atoms with van der Waals surface area (Å²) in [6.45, 7) is 13.3. The molecule has 0 spiro atoms. The topological polar surface area (TPSA) is 63.0 Å². The first-order chi connectivity index (χ1) is 17.5. The number of aryl methyl sites for hydroxylation is 2. The van der Waals surface area contributed by atoms with Crippen molar-refractivity contribution in [3.05, 3.63) is 113 Å². The molecule has 0 radical (unpaired) electrons. The van der Waals surface area contributed by atoms with E-state index in [1.807, 2.05) is 43.6 Å².